The van der Waals surface area contributed by atoms with E-state index in [2.05, 4.69) is 10.4 Å². The average molecular weight is 423 g/mol. The van der Waals surface area contributed by atoms with Crippen molar-refractivity contribution in [3.8, 4) is 0 Å². The Morgan fingerprint density at radius 2 is 2.03 bits per heavy atom. The average Bonchev–Trinajstić information content (AvgIpc) is 3.19. The van der Waals surface area contributed by atoms with Gasteiger partial charge in [-0.15, -0.1) is 11.3 Å². The largest absolute Gasteiger partial charge is 0.462 e. The van der Waals surface area contributed by atoms with Crippen LogP contribution in [0.3, 0.4) is 0 Å². The molecule has 0 atom stereocenters. The summed E-state index contributed by atoms with van der Waals surface area (Å²) >= 11 is 0.907. The summed E-state index contributed by atoms with van der Waals surface area (Å²) in [6.45, 7) is 3.59. The topological polar surface area (TPSA) is 137 Å². The van der Waals surface area contributed by atoms with Gasteiger partial charge in [-0.2, -0.15) is 5.10 Å². The molecule has 0 fully saturated rings. The monoisotopic (exact) mass is 423 g/mol. The van der Waals surface area contributed by atoms with E-state index in [1.807, 2.05) is 6.92 Å². The summed E-state index contributed by atoms with van der Waals surface area (Å²) in [4.78, 5) is 49.7. The van der Waals surface area contributed by atoms with Crippen molar-refractivity contribution in [1.82, 2.24) is 14.7 Å². The molecule has 0 bridgehead atoms. The van der Waals surface area contributed by atoms with E-state index in [9.17, 15) is 24.5 Å². The summed E-state index contributed by atoms with van der Waals surface area (Å²) in [5.74, 6) is -1.86. The van der Waals surface area contributed by atoms with Crippen LogP contribution in [0.15, 0.2) is 6.20 Å². The van der Waals surface area contributed by atoms with Crippen LogP contribution in [0.1, 0.15) is 49.4 Å². The standard InChI is InChI=1S/C17H21N5O6S/c1-6-7-28-17(25)11-9(2)13(16(24)20(3)4)29-15(11)19-14(23)12-10(22(26)27)8-18-21(12)5/h8H,6-7H2,1-5H3,(H,19,23). The predicted octanol–water partition coefficient (Wildman–Crippen LogP) is 2.22. The molecule has 0 aliphatic heterocycles. The molecular weight excluding hydrogens is 402 g/mol. The molecule has 2 aromatic rings. The summed E-state index contributed by atoms with van der Waals surface area (Å²) < 4.78 is 6.24. The first-order valence-corrected chi connectivity index (χ1v) is 9.41. The smallest absolute Gasteiger partial charge is 0.341 e. The minimum atomic E-state index is -0.827. The zero-order chi connectivity index (χ0) is 21.9. The van der Waals surface area contributed by atoms with E-state index in [0.29, 0.717) is 12.0 Å². The Kier molecular flexibility index (Phi) is 6.69. The predicted molar refractivity (Wildman–Crippen MR) is 105 cm³/mol. The van der Waals surface area contributed by atoms with Gasteiger partial charge < -0.3 is 15.0 Å². The molecule has 0 radical (unpaired) electrons. The molecule has 29 heavy (non-hydrogen) atoms. The zero-order valence-electron chi connectivity index (χ0n) is 16.6. The first kappa shape index (κ1) is 22.0. The van der Waals surface area contributed by atoms with Crippen molar-refractivity contribution >= 4 is 39.8 Å². The first-order chi connectivity index (χ1) is 13.6. The lowest BCUT2D eigenvalue weighted by Gasteiger charge is -2.09. The fourth-order valence-corrected chi connectivity index (χ4v) is 3.72. The van der Waals surface area contributed by atoms with Crippen molar-refractivity contribution in [3.05, 3.63) is 38.0 Å². The Morgan fingerprint density at radius 1 is 1.38 bits per heavy atom. The van der Waals surface area contributed by atoms with Crippen molar-refractivity contribution in [3.63, 3.8) is 0 Å². The second-order valence-electron chi connectivity index (χ2n) is 6.31. The quantitative estimate of drug-likeness (QED) is 0.409. The molecule has 2 aromatic heterocycles. The van der Waals surface area contributed by atoms with Gasteiger partial charge in [0.05, 0.1) is 22.0 Å². The van der Waals surface area contributed by atoms with Crippen molar-refractivity contribution in [2.75, 3.05) is 26.0 Å². The Bertz CT molecular complexity index is 977. The second-order valence-corrected chi connectivity index (χ2v) is 7.33. The summed E-state index contributed by atoms with van der Waals surface area (Å²) in [6.07, 6.45) is 1.56. The van der Waals surface area contributed by atoms with Gasteiger partial charge in [0.25, 0.3) is 11.8 Å². The van der Waals surface area contributed by atoms with E-state index >= 15 is 0 Å². The highest BCUT2D eigenvalue weighted by Crippen LogP contribution is 2.35. The minimum absolute atomic E-state index is 0.0480. The summed E-state index contributed by atoms with van der Waals surface area (Å²) in [5, 5.41) is 17.5. The Hall–Kier alpha value is -3.28. The molecule has 1 N–H and O–H groups in total. The number of nitrogens with one attached hydrogen (secondary N) is 1. The van der Waals surface area contributed by atoms with Crippen LogP contribution in [-0.2, 0) is 11.8 Å². The Labute approximate surface area is 170 Å². The lowest BCUT2D eigenvalue weighted by molar-refractivity contribution is -0.385. The first-order valence-electron chi connectivity index (χ1n) is 8.60. The van der Waals surface area contributed by atoms with Gasteiger partial charge >= 0.3 is 11.7 Å². The van der Waals surface area contributed by atoms with E-state index in [0.717, 1.165) is 22.2 Å². The number of ether oxygens (including phenoxy) is 1. The highest BCUT2D eigenvalue weighted by molar-refractivity contribution is 7.18. The fraction of sp³-hybridized carbons (Fsp3) is 0.412. The third kappa shape index (κ3) is 4.42. The normalized spacial score (nSPS) is 10.5. The number of carbonyl (C=O) groups is 3. The molecule has 0 unspecified atom stereocenters. The Balaban J connectivity index is 2.51. The van der Waals surface area contributed by atoms with E-state index in [1.54, 1.807) is 21.0 Å². The number of amides is 2. The van der Waals surface area contributed by atoms with E-state index in [4.69, 9.17) is 4.74 Å². The molecule has 2 rings (SSSR count). The molecule has 2 amide bonds. The van der Waals surface area contributed by atoms with Crippen LogP contribution < -0.4 is 5.32 Å². The van der Waals surface area contributed by atoms with Gasteiger partial charge in [-0.05, 0) is 18.9 Å². The van der Waals surface area contributed by atoms with Crippen LogP contribution in [0.5, 0.6) is 0 Å². The number of anilines is 1. The lowest BCUT2D eigenvalue weighted by Crippen LogP contribution is -2.21. The number of rotatable bonds is 7. The lowest BCUT2D eigenvalue weighted by atomic mass is 10.1. The number of aryl methyl sites for hydroxylation is 1. The maximum Gasteiger partial charge on any atom is 0.341 e. The molecule has 0 aliphatic carbocycles. The Morgan fingerprint density at radius 3 is 2.59 bits per heavy atom. The molecule has 11 nitrogen and oxygen atoms in total. The molecular formula is C17H21N5O6S. The second kappa shape index (κ2) is 8.82. The molecule has 0 saturated heterocycles. The molecule has 0 aliphatic rings. The summed E-state index contributed by atoms with van der Waals surface area (Å²) in [7, 11) is 4.51. The highest BCUT2D eigenvalue weighted by atomic mass is 32.1. The van der Waals surface area contributed by atoms with Crippen LogP contribution >= 0.6 is 11.3 Å². The van der Waals surface area contributed by atoms with Gasteiger partial charge in [0.15, 0.2) is 0 Å². The van der Waals surface area contributed by atoms with Crippen molar-refractivity contribution in [2.45, 2.75) is 20.3 Å². The third-order valence-corrected chi connectivity index (χ3v) is 5.14. The summed E-state index contributed by atoms with van der Waals surface area (Å²) in [5.41, 5.74) is -0.344. The molecule has 12 heteroatoms. The van der Waals surface area contributed by atoms with Crippen LogP contribution in [0.25, 0.3) is 0 Å². The van der Waals surface area contributed by atoms with Gasteiger partial charge in [0, 0.05) is 21.1 Å². The number of esters is 1. The summed E-state index contributed by atoms with van der Waals surface area (Å²) in [6, 6.07) is 0. The maximum absolute atomic E-state index is 12.7. The fourth-order valence-electron chi connectivity index (χ4n) is 2.51. The number of nitrogens with zero attached hydrogens (tertiary/aromatic N) is 4. The van der Waals surface area contributed by atoms with Crippen molar-refractivity contribution in [1.29, 1.82) is 0 Å². The molecule has 0 saturated carbocycles. The van der Waals surface area contributed by atoms with Gasteiger partial charge in [0.1, 0.15) is 11.2 Å². The third-order valence-electron chi connectivity index (χ3n) is 3.95. The van der Waals surface area contributed by atoms with Crippen LogP contribution in [0, 0.1) is 17.0 Å². The van der Waals surface area contributed by atoms with Crippen molar-refractivity contribution < 1.29 is 24.0 Å². The maximum atomic E-state index is 12.7. The SMILES string of the molecule is CCCOC(=O)c1c(NC(=O)c2c([N+](=O)[O-])cnn2C)sc(C(=O)N(C)C)c1C. The molecule has 0 spiro atoms. The van der Waals surface area contributed by atoms with Gasteiger partial charge in [0.2, 0.25) is 5.69 Å². The van der Waals surface area contributed by atoms with Gasteiger partial charge in [-0.25, -0.2) is 4.79 Å². The number of aromatic nitrogens is 2. The number of carbonyl (C=O) groups excluding carboxylic acids is 3. The van der Waals surface area contributed by atoms with Gasteiger partial charge in [-0.3, -0.25) is 24.4 Å². The van der Waals surface area contributed by atoms with Crippen LogP contribution in [0.4, 0.5) is 10.7 Å². The van der Waals surface area contributed by atoms with E-state index < -0.39 is 22.5 Å². The van der Waals surface area contributed by atoms with Crippen molar-refractivity contribution in [2.24, 2.45) is 7.05 Å². The van der Waals surface area contributed by atoms with Gasteiger partial charge in [-0.1, -0.05) is 6.92 Å². The highest BCUT2D eigenvalue weighted by Gasteiger charge is 2.30. The minimum Gasteiger partial charge on any atom is -0.462 e. The molecule has 0 aromatic carbocycles. The molecule has 156 valence electrons. The molecule has 2 heterocycles. The van der Waals surface area contributed by atoms with E-state index in [-0.39, 0.29) is 33.6 Å². The van der Waals surface area contributed by atoms with Crippen LogP contribution in [-0.4, -0.2) is 58.1 Å². The number of nitro groups is 1. The van der Waals surface area contributed by atoms with Crippen LogP contribution in [0.2, 0.25) is 0 Å². The number of hydrogen-bond donors (Lipinski definition) is 1. The zero-order valence-corrected chi connectivity index (χ0v) is 17.5. The number of thiophene rings is 1. The number of hydrogen-bond acceptors (Lipinski definition) is 8. The van der Waals surface area contributed by atoms with E-state index in [1.165, 1.54) is 11.9 Å².